The van der Waals surface area contributed by atoms with Crippen molar-refractivity contribution in [2.24, 2.45) is 0 Å². The second kappa shape index (κ2) is 4.90. The first-order chi connectivity index (χ1) is 9.76. The van der Waals surface area contributed by atoms with Gasteiger partial charge in [-0.05, 0) is 24.3 Å². The number of nitrogens with two attached hydrogens (primary N) is 1. The van der Waals surface area contributed by atoms with Crippen molar-refractivity contribution in [3.63, 3.8) is 0 Å². The van der Waals surface area contributed by atoms with Crippen LogP contribution >= 0.6 is 0 Å². The number of nitriles is 1. The van der Waals surface area contributed by atoms with E-state index < -0.39 is 0 Å². The molecule has 20 heavy (non-hydrogen) atoms. The molecule has 0 saturated carbocycles. The van der Waals surface area contributed by atoms with E-state index in [1.54, 1.807) is 30.3 Å². The molecule has 4 heteroatoms. The Kier molecular flexibility index (Phi) is 2.94. The van der Waals surface area contributed by atoms with E-state index in [0.29, 0.717) is 17.0 Å². The number of fused-ring (bicyclic) bond motifs is 1. The molecule has 0 bridgehead atoms. The van der Waals surface area contributed by atoms with Crippen molar-refractivity contribution < 1.29 is 4.74 Å². The molecule has 0 aliphatic heterocycles. The number of aromatic nitrogens is 1. The molecule has 96 valence electrons. The van der Waals surface area contributed by atoms with Crippen LogP contribution in [0.2, 0.25) is 0 Å². The van der Waals surface area contributed by atoms with E-state index in [1.807, 2.05) is 24.3 Å². The highest BCUT2D eigenvalue weighted by Crippen LogP contribution is 2.27. The van der Waals surface area contributed by atoms with Gasteiger partial charge in [-0.1, -0.05) is 24.3 Å². The molecule has 3 aromatic rings. The lowest BCUT2D eigenvalue weighted by molar-refractivity contribution is 0.464. The zero-order chi connectivity index (χ0) is 13.9. The van der Waals surface area contributed by atoms with Gasteiger partial charge in [-0.15, -0.1) is 0 Å². The molecule has 1 heterocycles. The molecule has 0 spiro atoms. The minimum atomic E-state index is 0.289. The smallest absolute Gasteiger partial charge is 0.237 e. The Morgan fingerprint density at radius 1 is 1.05 bits per heavy atom. The second-order valence-electron chi connectivity index (χ2n) is 4.32. The third-order valence-electron chi connectivity index (χ3n) is 2.88. The Morgan fingerprint density at radius 2 is 1.90 bits per heavy atom. The summed E-state index contributed by atoms with van der Waals surface area (Å²) in [6, 6.07) is 18.5. The number of nitrogens with zero attached hydrogens (tertiary/aromatic N) is 2. The van der Waals surface area contributed by atoms with Gasteiger partial charge in [0.15, 0.2) is 0 Å². The maximum Gasteiger partial charge on any atom is 0.237 e. The predicted octanol–water partition coefficient (Wildman–Crippen LogP) is 3.48. The number of para-hydroxylation sites is 1. The molecule has 0 atom stereocenters. The number of rotatable bonds is 2. The lowest BCUT2D eigenvalue weighted by Crippen LogP contribution is -1.94. The Morgan fingerprint density at radius 3 is 2.70 bits per heavy atom. The van der Waals surface area contributed by atoms with Gasteiger partial charge in [-0.2, -0.15) is 5.26 Å². The van der Waals surface area contributed by atoms with Crippen molar-refractivity contribution in [1.82, 2.24) is 4.98 Å². The van der Waals surface area contributed by atoms with Gasteiger partial charge in [0.2, 0.25) is 5.88 Å². The number of pyridine rings is 1. The van der Waals surface area contributed by atoms with Gasteiger partial charge in [0, 0.05) is 17.1 Å². The highest BCUT2D eigenvalue weighted by atomic mass is 16.5. The fraction of sp³-hybridized carbons (Fsp3) is 0. The van der Waals surface area contributed by atoms with Crippen LogP contribution in [-0.2, 0) is 0 Å². The number of anilines is 1. The fourth-order valence-electron chi connectivity index (χ4n) is 1.95. The van der Waals surface area contributed by atoms with Gasteiger partial charge in [-0.25, -0.2) is 4.98 Å². The molecule has 3 rings (SSSR count). The van der Waals surface area contributed by atoms with Crippen LogP contribution < -0.4 is 10.5 Å². The van der Waals surface area contributed by atoms with Crippen LogP contribution in [0, 0.1) is 11.3 Å². The zero-order valence-corrected chi connectivity index (χ0v) is 10.6. The lowest BCUT2D eigenvalue weighted by Gasteiger charge is -2.08. The van der Waals surface area contributed by atoms with E-state index in [0.717, 1.165) is 10.9 Å². The summed E-state index contributed by atoms with van der Waals surface area (Å²) in [4.78, 5) is 4.39. The molecule has 0 saturated heterocycles. The maximum absolute atomic E-state index is 9.22. The highest BCUT2D eigenvalue weighted by Gasteiger charge is 2.09. The Bertz CT molecular complexity index is 821. The summed E-state index contributed by atoms with van der Waals surface area (Å²) in [7, 11) is 0. The number of nitrogen functional groups attached to an aromatic ring is 1. The normalized spacial score (nSPS) is 10.2. The molecule has 0 amide bonds. The average molecular weight is 261 g/mol. The first-order valence-corrected chi connectivity index (χ1v) is 6.09. The first-order valence-electron chi connectivity index (χ1n) is 6.09. The third-order valence-corrected chi connectivity index (χ3v) is 2.88. The standard InChI is InChI=1S/C16H11N3O/c17-10-12-8-11-4-1-2-7-15(11)19-16(12)20-14-6-3-5-13(18)9-14/h1-9H,18H2. The molecule has 4 nitrogen and oxygen atoms in total. The highest BCUT2D eigenvalue weighted by molar-refractivity contribution is 5.81. The molecule has 2 aromatic carbocycles. The SMILES string of the molecule is N#Cc1cc2ccccc2nc1Oc1cccc(N)c1. The number of hydrogen-bond acceptors (Lipinski definition) is 4. The van der Waals surface area contributed by atoms with Crippen LogP contribution in [0.1, 0.15) is 5.56 Å². The van der Waals surface area contributed by atoms with Crippen LogP contribution in [-0.4, -0.2) is 4.98 Å². The van der Waals surface area contributed by atoms with Crippen LogP contribution in [0.5, 0.6) is 11.6 Å². The van der Waals surface area contributed by atoms with Crippen molar-refractivity contribution in [2.45, 2.75) is 0 Å². The molecular formula is C16H11N3O. The average Bonchev–Trinajstić information content (AvgIpc) is 2.46. The van der Waals surface area contributed by atoms with Crippen molar-refractivity contribution in [1.29, 1.82) is 5.26 Å². The van der Waals surface area contributed by atoms with E-state index in [1.165, 1.54) is 0 Å². The van der Waals surface area contributed by atoms with Crippen LogP contribution in [0.15, 0.2) is 54.6 Å². The number of ether oxygens (including phenoxy) is 1. The Labute approximate surface area is 116 Å². The van der Waals surface area contributed by atoms with Crippen molar-refractivity contribution in [3.05, 3.63) is 60.2 Å². The fourth-order valence-corrected chi connectivity index (χ4v) is 1.95. The Hall–Kier alpha value is -3.06. The molecule has 0 unspecified atom stereocenters. The van der Waals surface area contributed by atoms with E-state index in [9.17, 15) is 5.26 Å². The van der Waals surface area contributed by atoms with Crippen molar-refractivity contribution >= 4 is 16.6 Å². The maximum atomic E-state index is 9.22. The first kappa shape index (κ1) is 12.0. The second-order valence-corrected chi connectivity index (χ2v) is 4.32. The van der Waals surface area contributed by atoms with E-state index in [-0.39, 0.29) is 5.88 Å². The topological polar surface area (TPSA) is 71.9 Å². The van der Waals surface area contributed by atoms with E-state index >= 15 is 0 Å². The molecule has 0 aliphatic rings. The van der Waals surface area contributed by atoms with Crippen LogP contribution in [0.25, 0.3) is 10.9 Å². The van der Waals surface area contributed by atoms with Gasteiger partial charge in [-0.3, -0.25) is 0 Å². The van der Waals surface area contributed by atoms with Crippen LogP contribution in [0.3, 0.4) is 0 Å². The molecule has 0 radical (unpaired) electrons. The number of hydrogen-bond donors (Lipinski definition) is 1. The van der Waals surface area contributed by atoms with E-state index in [2.05, 4.69) is 11.1 Å². The Balaban J connectivity index is 2.08. The minimum Gasteiger partial charge on any atom is -0.438 e. The summed E-state index contributed by atoms with van der Waals surface area (Å²) >= 11 is 0. The van der Waals surface area contributed by atoms with Crippen molar-refractivity contribution in [2.75, 3.05) is 5.73 Å². The summed E-state index contributed by atoms with van der Waals surface area (Å²) in [5.74, 6) is 0.848. The molecule has 0 fully saturated rings. The summed E-state index contributed by atoms with van der Waals surface area (Å²) in [6.07, 6.45) is 0. The molecule has 1 aromatic heterocycles. The minimum absolute atomic E-state index is 0.289. The van der Waals surface area contributed by atoms with Gasteiger partial charge in [0.05, 0.1) is 5.52 Å². The molecule has 2 N–H and O–H groups in total. The monoisotopic (exact) mass is 261 g/mol. The van der Waals surface area contributed by atoms with Gasteiger partial charge in [0.1, 0.15) is 17.4 Å². The van der Waals surface area contributed by atoms with E-state index in [4.69, 9.17) is 10.5 Å². The molecular weight excluding hydrogens is 250 g/mol. The summed E-state index contributed by atoms with van der Waals surface area (Å²) in [5, 5.41) is 10.1. The summed E-state index contributed by atoms with van der Waals surface area (Å²) in [6.45, 7) is 0. The number of benzene rings is 2. The largest absolute Gasteiger partial charge is 0.438 e. The third kappa shape index (κ3) is 2.25. The quantitative estimate of drug-likeness (QED) is 0.717. The summed E-state index contributed by atoms with van der Waals surface area (Å²) in [5.41, 5.74) is 7.48. The van der Waals surface area contributed by atoms with Gasteiger partial charge in [0.25, 0.3) is 0 Å². The van der Waals surface area contributed by atoms with Crippen LogP contribution in [0.4, 0.5) is 5.69 Å². The lowest BCUT2D eigenvalue weighted by atomic mass is 10.1. The zero-order valence-electron chi connectivity index (χ0n) is 10.6. The molecule has 0 aliphatic carbocycles. The van der Waals surface area contributed by atoms with Gasteiger partial charge < -0.3 is 10.5 Å². The summed E-state index contributed by atoms with van der Waals surface area (Å²) < 4.78 is 5.68. The van der Waals surface area contributed by atoms with Gasteiger partial charge >= 0.3 is 0 Å². The predicted molar refractivity (Wildman–Crippen MR) is 77.4 cm³/mol. The van der Waals surface area contributed by atoms with Crippen molar-refractivity contribution in [3.8, 4) is 17.7 Å².